The molecule has 2 heterocycles. The van der Waals surface area contributed by atoms with E-state index in [1.807, 2.05) is 4.90 Å². The van der Waals surface area contributed by atoms with E-state index >= 15 is 0 Å². The predicted molar refractivity (Wildman–Crippen MR) is 88.7 cm³/mol. The number of hydrogen-bond donors (Lipinski definition) is 1. The minimum atomic E-state index is -3.68. The van der Waals surface area contributed by atoms with Crippen LogP contribution in [0.25, 0.3) is 0 Å². The molecule has 0 amide bonds. The maximum Gasteiger partial charge on any atom is 0.240 e. The van der Waals surface area contributed by atoms with Crippen LogP contribution in [0.15, 0.2) is 41.6 Å². The number of nitrogens with one attached hydrogen (secondary N) is 1. The third kappa shape index (κ3) is 3.54. The zero-order valence-electron chi connectivity index (χ0n) is 13.3. The van der Waals surface area contributed by atoms with E-state index in [1.165, 1.54) is 12.1 Å². The predicted octanol–water partition coefficient (Wildman–Crippen LogP) is 1.87. The Morgan fingerprint density at radius 3 is 2.79 bits per heavy atom. The van der Waals surface area contributed by atoms with Crippen LogP contribution in [-0.4, -0.2) is 37.5 Å². The first-order valence-corrected chi connectivity index (χ1v) is 9.25. The molecule has 8 heteroatoms. The van der Waals surface area contributed by atoms with Gasteiger partial charge in [-0.15, -0.1) is 0 Å². The Kier molecular flexibility index (Phi) is 4.77. The molecule has 0 saturated carbocycles. The van der Waals surface area contributed by atoms with E-state index in [1.54, 1.807) is 25.4 Å². The molecule has 1 N–H and O–H groups in total. The Balaban J connectivity index is 1.72. The third-order valence-electron chi connectivity index (χ3n) is 4.12. The Labute approximate surface area is 140 Å². The summed E-state index contributed by atoms with van der Waals surface area (Å²) < 4.78 is 40.8. The highest BCUT2D eigenvalue weighted by Crippen LogP contribution is 2.22. The van der Waals surface area contributed by atoms with Crippen LogP contribution in [0.5, 0.6) is 0 Å². The van der Waals surface area contributed by atoms with Crippen LogP contribution >= 0.6 is 0 Å². The molecule has 1 saturated heterocycles. The molecule has 1 fully saturated rings. The summed E-state index contributed by atoms with van der Waals surface area (Å²) in [5.74, 6) is 0.159. The fourth-order valence-electron chi connectivity index (χ4n) is 2.95. The summed E-state index contributed by atoms with van der Waals surface area (Å²) in [5.41, 5.74) is 0.386. The molecule has 1 aliphatic rings. The number of sulfonamides is 1. The van der Waals surface area contributed by atoms with Crippen molar-refractivity contribution in [1.29, 1.82) is 0 Å². The van der Waals surface area contributed by atoms with Crippen molar-refractivity contribution in [3.8, 4) is 0 Å². The highest BCUT2D eigenvalue weighted by atomic mass is 32.2. The van der Waals surface area contributed by atoms with Gasteiger partial charge in [0.1, 0.15) is 5.82 Å². The van der Waals surface area contributed by atoms with Gasteiger partial charge in [-0.2, -0.15) is 0 Å². The Morgan fingerprint density at radius 2 is 2.08 bits per heavy atom. The molecule has 0 aliphatic carbocycles. The van der Waals surface area contributed by atoms with Gasteiger partial charge in [-0.25, -0.2) is 27.5 Å². The molecule has 2 aromatic rings. The van der Waals surface area contributed by atoms with Crippen LogP contribution in [-0.2, 0) is 10.0 Å². The van der Waals surface area contributed by atoms with Crippen molar-refractivity contribution in [3.63, 3.8) is 0 Å². The van der Waals surface area contributed by atoms with E-state index < -0.39 is 15.8 Å². The van der Waals surface area contributed by atoms with E-state index in [2.05, 4.69) is 14.7 Å². The number of anilines is 1. The Hall–Kier alpha value is -2.06. The maximum absolute atomic E-state index is 13.2. The largest absolute Gasteiger partial charge is 0.337 e. The van der Waals surface area contributed by atoms with Crippen molar-refractivity contribution < 1.29 is 12.8 Å². The van der Waals surface area contributed by atoms with Crippen molar-refractivity contribution in [3.05, 3.63) is 48.0 Å². The number of aryl methyl sites for hydroxylation is 1. The maximum atomic E-state index is 13.2. The first-order valence-electron chi connectivity index (χ1n) is 7.77. The number of rotatable bonds is 5. The summed E-state index contributed by atoms with van der Waals surface area (Å²) in [6, 6.07) is 5.41. The van der Waals surface area contributed by atoms with Crippen LogP contribution in [0.1, 0.15) is 18.4 Å². The number of benzene rings is 1. The fourth-order valence-corrected chi connectivity index (χ4v) is 4.25. The monoisotopic (exact) mass is 350 g/mol. The van der Waals surface area contributed by atoms with Crippen molar-refractivity contribution >= 4 is 16.0 Å². The number of aromatic nitrogens is 2. The second-order valence-electron chi connectivity index (χ2n) is 5.80. The number of halogens is 1. The van der Waals surface area contributed by atoms with E-state index in [-0.39, 0.29) is 17.5 Å². The van der Waals surface area contributed by atoms with Gasteiger partial charge in [-0.3, -0.25) is 0 Å². The van der Waals surface area contributed by atoms with E-state index in [0.29, 0.717) is 11.5 Å². The van der Waals surface area contributed by atoms with Crippen LogP contribution < -0.4 is 9.62 Å². The zero-order valence-corrected chi connectivity index (χ0v) is 14.1. The van der Waals surface area contributed by atoms with Crippen LogP contribution in [0, 0.1) is 12.7 Å². The van der Waals surface area contributed by atoms with Crippen molar-refractivity contribution in [2.75, 3.05) is 18.0 Å². The molecule has 1 aromatic carbocycles. The van der Waals surface area contributed by atoms with E-state index in [0.717, 1.165) is 25.5 Å². The summed E-state index contributed by atoms with van der Waals surface area (Å²) in [7, 11) is -3.68. The first kappa shape index (κ1) is 16.8. The summed E-state index contributed by atoms with van der Waals surface area (Å²) in [5, 5.41) is 0. The van der Waals surface area contributed by atoms with E-state index in [4.69, 9.17) is 0 Å². The lowest BCUT2D eigenvalue weighted by atomic mass is 10.2. The Morgan fingerprint density at radius 1 is 1.33 bits per heavy atom. The van der Waals surface area contributed by atoms with Crippen LogP contribution in [0.2, 0.25) is 0 Å². The molecule has 24 heavy (non-hydrogen) atoms. The quantitative estimate of drug-likeness (QED) is 0.891. The normalized spacial score (nSPS) is 18.1. The van der Waals surface area contributed by atoms with Crippen molar-refractivity contribution in [2.45, 2.75) is 30.7 Å². The lowest BCUT2D eigenvalue weighted by Crippen LogP contribution is -2.41. The van der Waals surface area contributed by atoms with Crippen molar-refractivity contribution in [1.82, 2.24) is 14.7 Å². The van der Waals surface area contributed by atoms with Crippen molar-refractivity contribution in [2.24, 2.45) is 0 Å². The molecule has 1 aliphatic heterocycles. The fraction of sp³-hybridized carbons (Fsp3) is 0.375. The highest BCUT2D eigenvalue weighted by molar-refractivity contribution is 7.89. The minimum absolute atomic E-state index is 0.00271. The molecule has 128 valence electrons. The number of nitrogens with zero attached hydrogens (tertiary/aromatic N) is 3. The van der Waals surface area contributed by atoms with Gasteiger partial charge in [-0.05, 0) is 49.6 Å². The Bertz CT molecular complexity index is 814. The van der Waals surface area contributed by atoms with E-state index in [9.17, 15) is 12.8 Å². The molecule has 3 rings (SSSR count). The molecule has 0 spiro atoms. The average molecular weight is 350 g/mol. The second kappa shape index (κ2) is 6.82. The summed E-state index contributed by atoms with van der Waals surface area (Å²) in [6.45, 7) is 2.64. The van der Waals surface area contributed by atoms with Gasteiger partial charge >= 0.3 is 0 Å². The molecule has 0 radical (unpaired) electrons. The lowest BCUT2D eigenvalue weighted by molar-refractivity contribution is 0.564. The lowest BCUT2D eigenvalue weighted by Gasteiger charge is -2.24. The zero-order chi connectivity index (χ0) is 17.2. The first-order chi connectivity index (χ1) is 11.5. The van der Waals surface area contributed by atoms with Gasteiger partial charge in [0.25, 0.3) is 0 Å². The molecular formula is C16H19FN4O2S. The smallest absolute Gasteiger partial charge is 0.240 e. The highest BCUT2D eigenvalue weighted by Gasteiger charge is 2.28. The molecule has 1 atom stereocenters. The standard InChI is InChI=1S/C16H19FN4O2S/c1-12-10-13(17)5-6-15(12)24(22,23)20-11-14-4-2-9-21(14)16-18-7-3-8-19-16/h3,5-8,10,14,20H,2,4,9,11H2,1H3. The van der Waals surface area contributed by atoms with Gasteiger partial charge in [0.2, 0.25) is 16.0 Å². The summed E-state index contributed by atoms with van der Waals surface area (Å²) >= 11 is 0. The van der Waals surface area contributed by atoms with Gasteiger partial charge in [0, 0.05) is 31.5 Å². The molecule has 1 aromatic heterocycles. The second-order valence-corrected chi connectivity index (χ2v) is 7.54. The molecule has 0 bridgehead atoms. The summed E-state index contributed by atoms with van der Waals surface area (Å²) in [4.78, 5) is 10.6. The summed E-state index contributed by atoms with van der Waals surface area (Å²) in [6.07, 6.45) is 5.16. The topological polar surface area (TPSA) is 75.2 Å². The molecule has 1 unspecified atom stereocenters. The SMILES string of the molecule is Cc1cc(F)ccc1S(=O)(=O)NCC1CCCN1c1ncccn1. The van der Waals surface area contributed by atoms with Gasteiger partial charge in [-0.1, -0.05) is 0 Å². The minimum Gasteiger partial charge on any atom is -0.337 e. The van der Waals surface area contributed by atoms with Crippen LogP contribution in [0.3, 0.4) is 0 Å². The number of hydrogen-bond acceptors (Lipinski definition) is 5. The van der Waals surface area contributed by atoms with Gasteiger partial charge in [0.05, 0.1) is 4.90 Å². The van der Waals surface area contributed by atoms with Crippen LogP contribution in [0.4, 0.5) is 10.3 Å². The third-order valence-corrected chi connectivity index (χ3v) is 5.71. The van der Waals surface area contributed by atoms with Gasteiger partial charge < -0.3 is 4.90 Å². The van der Waals surface area contributed by atoms with Gasteiger partial charge in [0.15, 0.2) is 0 Å². The molecular weight excluding hydrogens is 331 g/mol. The molecule has 6 nitrogen and oxygen atoms in total. The average Bonchev–Trinajstić information content (AvgIpc) is 3.02.